The molecule has 1 saturated carbocycles. The Hall–Kier alpha value is -2.67. The summed E-state index contributed by atoms with van der Waals surface area (Å²) in [6, 6.07) is 12.4. The van der Waals surface area contributed by atoms with E-state index in [9.17, 15) is 18.0 Å². The number of anilines is 2. The number of sulfone groups is 1. The van der Waals surface area contributed by atoms with E-state index < -0.39 is 9.84 Å². The molecule has 1 fully saturated rings. The second kappa shape index (κ2) is 7.54. The highest BCUT2D eigenvalue weighted by Gasteiger charge is 2.39. The molecule has 4 rings (SSSR count). The third kappa shape index (κ3) is 3.62. The molecule has 2 aromatic rings. The number of rotatable bonds is 4. The molecule has 1 atom stereocenters. The second-order valence-electron chi connectivity index (χ2n) is 8.09. The Bertz CT molecular complexity index is 1100. The number of benzene rings is 2. The Morgan fingerprint density at radius 2 is 1.63 bits per heavy atom. The summed E-state index contributed by atoms with van der Waals surface area (Å²) < 4.78 is 24.2. The maximum absolute atomic E-state index is 12.9. The van der Waals surface area contributed by atoms with Crippen molar-refractivity contribution in [2.75, 3.05) is 22.1 Å². The first kappa shape index (κ1) is 20.6. The molecule has 2 aromatic carbocycles. The summed E-state index contributed by atoms with van der Waals surface area (Å²) in [7, 11) is -3.25. The van der Waals surface area contributed by atoms with Crippen LogP contribution in [0.25, 0.3) is 11.1 Å². The predicted molar refractivity (Wildman–Crippen MR) is 117 cm³/mol. The van der Waals surface area contributed by atoms with E-state index in [1.807, 2.05) is 30.0 Å². The number of hydrogen-bond donors (Lipinski definition) is 0. The van der Waals surface area contributed by atoms with Crippen LogP contribution < -0.4 is 9.80 Å². The molecule has 158 valence electrons. The summed E-state index contributed by atoms with van der Waals surface area (Å²) in [5.41, 5.74) is 3.22. The van der Waals surface area contributed by atoms with Gasteiger partial charge in [0, 0.05) is 19.4 Å². The normalized spacial score (nSPS) is 18.8. The largest absolute Gasteiger partial charge is 0.308 e. The second-order valence-corrected chi connectivity index (χ2v) is 10.4. The van der Waals surface area contributed by atoms with Crippen LogP contribution in [0.5, 0.6) is 0 Å². The van der Waals surface area contributed by atoms with Crippen LogP contribution in [0.2, 0.25) is 0 Å². The Labute approximate surface area is 177 Å². The van der Waals surface area contributed by atoms with Gasteiger partial charge in [-0.15, -0.1) is 0 Å². The minimum absolute atomic E-state index is 0.0517. The van der Waals surface area contributed by atoms with E-state index >= 15 is 0 Å². The molecule has 2 amide bonds. The van der Waals surface area contributed by atoms with Crippen LogP contribution in [0, 0.1) is 5.92 Å². The number of fused-ring (bicyclic) bond motifs is 1. The van der Waals surface area contributed by atoms with E-state index in [1.54, 1.807) is 43.0 Å². The molecule has 0 radical (unpaired) electrons. The number of hydrogen-bond acceptors (Lipinski definition) is 4. The standard InChI is InChI=1S/C23H26N2O4S/c1-4-30(28,29)20-10-7-17(8-11-20)19-9-12-21-22(13-19)24(23(27)18-5-6-18)14-15(2)25(21)16(3)26/h7-13,15,18H,4-6,14H2,1-3H3/t15-/m0/s1. The first-order valence-corrected chi connectivity index (χ1v) is 12.0. The highest BCUT2D eigenvalue weighted by molar-refractivity contribution is 7.91. The minimum atomic E-state index is -3.25. The molecule has 0 aromatic heterocycles. The van der Waals surface area contributed by atoms with Crippen molar-refractivity contribution < 1.29 is 18.0 Å². The highest BCUT2D eigenvalue weighted by atomic mass is 32.2. The molecule has 1 aliphatic heterocycles. The molecule has 1 aliphatic carbocycles. The molecule has 0 unspecified atom stereocenters. The molecule has 30 heavy (non-hydrogen) atoms. The zero-order valence-corrected chi connectivity index (χ0v) is 18.3. The van der Waals surface area contributed by atoms with Crippen LogP contribution in [-0.2, 0) is 19.4 Å². The number of carbonyl (C=O) groups is 2. The van der Waals surface area contributed by atoms with Crippen LogP contribution in [0.4, 0.5) is 11.4 Å². The van der Waals surface area contributed by atoms with E-state index in [1.165, 1.54) is 0 Å². The van der Waals surface area contributed by atoms with Gasteiger partial charge in [0.15, 0.2) is 9.84 Å². The van der Waals surface area contributed by atoms with Crippen molar-refractivity contribution in [2.24, 2.45) is 5.92 Å². The Morgan fingerprint density at radius 3 is 2.20 bits per heavy atom. The van der Waals surface area contributed by atoms with Crippen molar-refractivity contribution in [3.63, 3.8) is 0 Å². The summed E-state index contributed by atoms with van der Waals surface area (Å²) in [6.07, 6.45) is 1.84. The van der Waals surface area contributed by atoms with Gasteiger partial charge in [-0.25, -0.2) is 8.42 Å². The minimum Gasteiger partial charge on any atom is -0.308 e. The van der Waals surface area contributed by atoms with Gasteiger partial charge in [-0.2, -0.15) is 0 Å². The average Bonchev–Trinajstić information content (AvgIpc) is 3.57. The van der Waals surface area contributed by atoms with Crippen LogP contribution >= 0.6 is 0 Å². The van der Waals surface area contributed by atoms with E-state index in [0.29, 0.717) is 11.4 Å². The maximum Gasteiger partial charge on any atom is 0.230 e. The smallest absolute Gasteiger partial charge is 0.230 e. The van der Waals surface area contributed by atoms with E-state index in [2.05, 4.69) is 0 Å². The Balaban J connectivity index is 1.77. The molecule has 7 heteroatoms. The zero-order valence-electron chi connectivity index (χ0n) is 17.5. The fourth-order valence-corrected chi connectivity index (χ4v) is 4.95. The van der Waals surface area contributed by atoms with Gasteiger partial charge in [-0.1, -0.05) is 25.1 Å². The molecule has 0 saturated heterocycles. The molecule has 2 aliphatic rings. The van der Waals surface area contributed by atoms with Crippen molar-refractivity contribution in [2.45, 2.75) is 44.6 Å². The number of carbonyl (C=O) groups excluding carboxylic acids is 2. The van der Waals surface area contributed by atoms with Crippen molar-refractivity contribution >= 4 is 33.0 Å². The SMILES string of the molecule is CCS(=O)(=O)c1ccc(-c2ccc3c(c2)N(C(=O)C2CC2)C[C@H](C)N3C(C)=O)cc1. The molecular formula is C23H26N2O4S. The third-order valence-electron chi connectivity index (χ3n) is 5.87. The van der Waals surface area contributed by atoms with Crippen LogP contribution in [-0.4, -0.2) is 38.6 Å². The van der Waals surface area contributed by atoms with Gasteiger partial charge < -0.3 is 9.80 Å². The van der Waals surface area contributed by atoms with Gasteiger partial charge in [0.2, 0.25) is 11.8 Å². The average molecular weight is 427 g/mol. The number of amides is 2. The molecule has 0 N–H and O–H groups in total. The van der Waals surface area contributed by atoms with Crippen molar-refractivity contribution in [3.05, 3.63) is 42.5 Å². The lowest BCUT2D eigenvalue weighted by atomic mass is 10.00. The molecule has 1 heterocycles. The van der Waals surface area contributed by atoms with Gasteiger partial charge in [0.25, 0.3) is 0 Å². The van der Waals surface area contributed by atoms with Crippen LogP contribution in [0.15, 0.2) is 47.4 Å². The van der Waals surface area contributed by atoms with Crippen molar-refractivity contribution in [1.82, 2.24) is 0 Å². The van der Waals surface area contributed by atoms with Crippen molar-refractivity contribution in [3.8, 4) is 11.1 Å². The topological polar surface area (TPSA) is 74.8 Å². The Morgan fingerprint density at radius 1 is 1.00 bits per heavy atom. The summed E-state index contributed by atoms with van der Waals surface area (Å²) in [5, 5.41) is 0. The number of nitrogens with zero attached hydrogens (tertiary/aromatic N) is 2. The monoisotopic (exact) mass is 426 g/mol. The third-order valence-corrected chi connectivity index (χ3v) is 7.62. The van der Waals surface area contributed by atoms with Gasteiger partial charge >= 0.3 is 0 Å². The molecule has 0 bridgehead atoms. The Kier molecular flexibility index (Phi) is 5.18. The lowest BCUT2D eigenvalue weighted by Gasteiger charge is -2.41. The lowest BCUT2D eigenvalue weighted by molar-refractivity contribution is -0.120. The summed E-state index contributed by atoms with van der Waals surface area (Å²) >= 11 is 0. The summed E-state index contributed by atoms with van der Waals surface area (Å²) in [6.45, 7) is 5.59. The predicted octanol–water partition coefficient (Wildman–Crippen LogP) is 3.65. The van der Waals surface area contributed by atoms with Crippen molar-refractivity contribution in [1.29, 1.82) is 0 Å². The van der Waals surface area contributed by atoms with Gasteiger partial charge in [0.05, 0.1) is 28.1 Å². The van der Waals surface area contributed by atoms with Gasteiger partial charge in [-0.05, 0) is 55.2 Å². The summed E-state index contributed by atoms with van der Waals surface area (Å²) in [5.74, 6) is 0.204. The van der Waals surface area contributed by atoms with Crippen LogP contribution in [0.1, 0.15) is 33.6 Å². The first-order valence-electron chi connectivity index (χ1n) is 10.3. The fourth-order valence-electron chi connectivity index (χ4n) is 4.07. The zero-order chi connectivity index (χ0) is 21.6. The van der Waals surface area contributed by atoms with Gasteiger partial charge in [0.1, 0.15) is 0 Å². The van der Waals surface area contributed by atoms with Crippen LogP contribution in [0.3, 0.4) is 0 Å². The fraction of sp³-hybridized carbons (Fsp3) is 0.391. The molecule has 0 spiro atoms. The maximum atomic E-state index is 12.9. The lowest BCUT2D eigenvalue weighted by Crippen LogP contribution is -2.51. The molecular weight excluding hydrogens is 400 g/mol. The quantitative estimate of drug-likeness (QED) is 0.748. The van der Waals surface area contributed by atoms with E-state index in [-0.39, 0.29) is 29.5 Å². The highest BCUT2D eigenvalue weighted by Crippen LogP contribution is 2.42. The van der Waals surface area contributed by atoms with E-state index in [0.717, 1.165) is 35.3 Å². The summed E-state index contributed by atoms with van der Waals surface area (Å²) in [4.78, 5) is 29.1. The first-order chi connectivity index (χ1) is 14.2. The molecule has 6 nitrogen and oxygen atoms in total. The van der Waals surface area contributed by atoms with E-state index in [4.69, 9.17) is 0 Å². The van der Waals surface area contributed by atoms with Gasteiger partial charge in [-0.3, -0.25) is 9.59 Å².